The van der Waals surface area contributed by atoms with Crippen molar-refractivity contribution in [3.63, 3.8) is 0 Å². The van der Waals surface area contributed by atoms with E-state index in [1.54, 1.807) is 12.1 Å². The smallest absolute Gasteiger partial charge is 0.370 e. The molecular weight excluding hydrogens is 347 g/mol. The lowest BCUT2D eigenvalue weighted by Gasteiger charge is -2.23. The third-order valence-corrected chi connectivity index (χ3v) is 3.74. The van der Waals surface area contributed by atoms with Gasteiger partial charge in [-0.15, -0.1) is 0 Å². The van der Waals surface area contributed by atoms with E-state index >= 15 is 0 Å². The molecule has 0 atom stereocenters. The third kappa shape index (κ3) is 5.05. The van der Waals surface area contributed by atoms with Crippen LogP contribution in [-0.2, 0) is 17.5 Å². The Morgan fingerprint density at radius 3 is 2.31 bits per heavy atom. The number of halogens is 3. The molecule has 2 aromatic rings. The van der Waals surface area contributed by atoms with Crippen molar-refractivity contribution in [1.29, 1.82) is 0 Å². The lowest BCUT2D eigenvalue weighted by molar-refractivity contribution is -0.141. The second-order valence-corrected chi connectivity index (χ2v) is 5.76. The van der Waals surface area contributed by atoms with E-state index in [-0.39, 0.29) is 30.8 Å². The van der Waals surface area contributed by atoms with Crippen LogP contribution in [0.4, 0.5) is 13.2 Å². The summed E-state index contributed by atoms with van der Waals surface area (Å²) < 4.78 is 38.2. The topological polar surface area (TPSA) is 76.3 Å². The normalized spacial score (nSPS) is 11.2. The van der Waals surface area contributed by atoms with Crippen LogP contribution in [0, 0.1) is 6.92 Å². The van der Waals surface area contributed by atoms with E-state index < -0.39 is 23.7 Å². The summed E-state index contributed by atoms with van der Waals surface area (Å²) in [5.74, 6) is -1.08. The average Bonchev–Trinajstić information content (AvgIpc) is 2.58. The number of pyridine rings is 1. The number of nitrogens with zero attached hydrogens (tertiary/aromatic N) is 2. The first-order chi connectivity index (χ1) is 12.2. The van der Waals surface area contributed by atoms with E-state index in [0.717, 1.165) is 17.7 Å². The molecule has 0 fully saturated rings. The summed E-state index contributed by atoms with van der Waals surface area (Å²) in [6.07, 6.45) is -4.63. The van der Waals surface area contributed by atoms with Crippen LogP contribution in [0.2, 0.25) is 0 Å². The molecule has 0 saturated heterocycles. The molecule has 2 rings (SSSR count). The zero-order chi connectivity index (χ0) is 19.3. The van der Waals surface area contributed by atoms with Gasteiger partial charge in [-0.3, -0.25) is 9.59 Å². The molecule has 1 aromatic heterocycles. The van der Waals surface area contributed by atoms with Gasteiger partial charge in [-0.2, -0.15) is 13.2 Å². The highest BCUT2D eigenvalue weighted by molar-refractivity contribution is 5.95. The molecule has 26 heavy (non-hydrogen) atoms. The monoisotopic (exact) mass is 365 g/mol. The van der Waals surface area contributed by atoms with E-state index in [1.165, 1.54) is 11.8 Å². The lowest BCUT2D eigenvalue weighted by atomic mass is 10.1. The van der Waals surface area contributed by atoms with Crippen LogP contribution in [0.5, 0.6) is 0 Å². The van der Waals surface area contributed by atoms with Crippen LogP contribution in [-0.4, -0.2) is 28.2 Å². The number of benzene rings is 1. The minimum atomic E-state index is -4.58. The predicted molar refractivity (Wildman–Crippen MR) is 89.0 cm³/mol. The number of aromatic nitrogens is 1. The molecule has 1 aromatic carbocycles. The van der Waals surface area contributed by atoms with Crippen molar-refractivity contribution in [3.05, 3.63) is 65.0 Å². The molecular formula is C18H18F3N3O2. The second-order valence-electron chi connectivity index (χ2n) is 5.76. The van der Waals surface area contributed by atoms with Crippen molar-refractivity contribution in [1.82, 2.24) is 9.88 Å². The Kier molecular flexibility index (Phi) is 5.97. The maximum absolute atomic E-state index is 12.8. The second kappa shape index (κ2) is 7.99. The van der Waals surface area contributed by atoms with Gasteiger partial charge >= 0.3 is 6.18 Å². The van der Waals surface area contributed by atoms with Crippen molar-refractivity contribution in [2.75, 3.05) is 6.54 Å². The first-order valence-electron chi connectivity index (χ1n) is 7.85. The molecule has 1 heterocycles. The van der Waals surface area contributed by atoms with Gasteiger partial charge in [-0.05, 0) is 24.6 Å². The summed E-state index contributed by atoms with van der Waals surface area (Å²) in [6, 6.07) is 10.9. The minimum Gasteiger partial charge on any atom is -0.370 e. The van der Waals surface area contributed by atoms with E-state index in [4.69, 9.17) is 5.73 Å². The number of amides is 2. The summed E-state index contributed by atoms with van der Waals surface area (Å²) in [5, 5.41) is 0. The summed E-state index contributed by atoms with van der Waals surface area (Å²) in [6.45, 7) is 1.61. The molecule has 2 N–H and O–H groups in total. The van der Waals surface area contributed by atoms with Crippen molar-refractivity contribution in [2.45, 2.75) is 26.1 Å². The van der Waals surface area contributed by atoms with Gasteiger partial charge in [-0.1, -0.05) is 30.3 Å². The number of aryl methyl sites for hydroxylation is 1. The van der Waals surface area contributed by atoms with Crippen molar-refractivity contribution < 1.29 is 22.8 Å². The highest BCUT2D eigenvalue weighted by Gasteiger charge is 2.33. The van der Waals surface area contributed by atoms with E-state index in [1.807, 2.05) is 18.2 Å². The molecule has 0 saturated carbocycles. The van der Waals surface area contributed by atoms with Gasteiger partial charge in [0, 0.05) is 19.5 Å². The van der Waals surface area contributed by atoms with Crippen LogP contribution in [0.3, 0.4) is 0 Å². The molecule has 0 aliphatic heterocycles. The Hall–Kier alpha value is -2.90. The van der Waals surface area contributed by atoms with Crippen LogP contribution >= 0.6 is 0 Å². The van der Waals surface area contributed by atoms with Gasteiger partial charge < -0.3 is 10.6 Å². The van der Waals surface area contributed by atoms with Crippen LogP contribution < -0.4 is 5.73 Å². The van der Waals surface area contributed by atoms with Gasteiger partial charge in [0.1, 0.15) is 5.69 Å². The first-order valence-corrected chi connectivity index (χ1v) is 7.85. The van der Waals surface area contributed by atoms with Crippen molar-refractivity contribution >= 4 is 11.8 Å². The quantitative estimate of drug-likeness (QED) is 0.855. The van der Waals surface area contributed by atoms with Crippen LogP contribution in [0.1, 0.15) is 33.7 Å². The maximum atomic E-state index is 12.8. The number of nitrogens with two attached hydrogens (primary N) is 1. The van der Waals surface area contributed by atoms with Gasteiger partial charge in [0.05, 0.1) is 11.3 Å². The van der Waals surface area contributed by atoms with Crippen molar-refractivity contribution in [2.24, 2.45) is 5.73 Å². The standard InChI is InChI=1S/C18H18F3N3O2/c1-12-14(7-8-15(23-12)18(19,20)21)17(26)24(10-9-16(22)25)11-13-5-3-2-4-6-13/h2-8H,9-11H2,1H3,(H2,22,25). The summed E-state index contributed by atoms with van der Waals surface area (Å²) in [5.41, 5.74) is 4.95. The van der Waals surface area contributed by atoms with Gasteiger partial charge in [-0.25, -0.2) is 4.98 Å². The maximum Gasteiger partial charge on any atom is 0.433 e. The molecule has 5 nitrogen and oxygen atoms in total. The molecule has 0 aliphatic carbocycles. The lowest BCUT2D eigenvalue weighted by Crippen LogP contribution is -2.34. The summed E-state index contributed by atoms with van der Waals surface area (Å²) in [4.78, 5) is 28.7. The fourth-order valence-corrected chi connectivity index (χ4v) is 2.42. The Balaban J connectivity index is 2.28. The molecule has 2 amide bonds. The molecule has 0 spiro atoms. The Morgan fingerprint density at radius 1 is 1.12 bits per heavy atom. The minimum absolute atomic E-state index is 0.0260. The molecule has 0 aliphatic rings. The highest BCUT2D eigenvalue weighted by Crippen LogP contribution is 2.28. The van der Waals surface area contributed by atoms with E-state index in [9.17, 15) is 22.8 Å². The molecule has 0 radical (unpaired) electrons. The SMILES string of the molecule is Cc1nc(C(F)(F)F)ccc1C(=O)N(CCC(N)=O)Cc1ccccc1. The zero-order valence-corrected chi connectivity index (χ0v) is 14.1. The third-order valence-electron chi connectivity index (χ3n) is 3.74. The van der Waals surface area contributed by atoms with Crippen LogP contribution in [0.15, 0.2) is 42.5 Å². The van der Waals surface area contributed by atoms with Crippen molar-refractivity contribution in [3.8, 4) is 0 Å². The molecule has 0 bridgehead atoms. The van der Waals surface area contributed by atoms with Gasteiger partial charge in [0.25, 0.3) is 5.91 Å². The molecule has 8 heteroatoms. The number of hydrogen-bond acceptors (Lipinski definition) is 3. The first kappa shape index (κ1) is 19.4. The van der Waals surface area contributed by atoms with Gasteiger partial charge in [0.2, 0.25) is 5.91 Å². The van der Waals surface area contributed by atoms with Crippen LogP contribution in [0.25, 0.3) is 0 Å². The number of primary amides is 1. The number of carbonyl (C=O) groups excluding carboxylic acids is 2. The Morgan fingerprint density at radius 2 is 1.77 bits per heavy atom. The Labute approximate surface area is 148 Å². The Bertz CT molecular complexity index is 792. The number of hydrogen-bond donors (Lipinski definition) is 1. The molecule has 0 unspecified atom stereocenters. The number of alkyl halides is 3. The predicted octanol–water partition coefficient (Wildman–Crippen LogP) is 2.93. The summed E-state index contributed by atoms with van der Waals surface area (Å²) in [7, 11) is 0. The summed E-state index contributed by atoms with van der Waals surface area (Å²) >= 11 is 0. The highest BCUT2D eigenvalue weighted by atomic mass is 19.4. The molecule has 138 valence electrons. The van der Waals surface area contributed by atoms with E-state index in [0.29, 0.717) is 0 Å². The van der Waals surface area contributed by atoms with Gasteiger partial charge in [0.15, 0.2) is 0 Å². The fourth-order valence-electron chi connectivity index (χ4n) is 2.42. The number of carbonyl (C=O) groups is 2. The fraction of sp³-hybridized carbons (Fsp3) is 0.278. The average molecular weight is 365 g/mol. The zero-order valence-electron chi connectivity index (χ0n) is 14.1. The number of rotatable bonds is 6. The largest absolute Gasteiger partial charge is 0.433 e. The van der Waals surface area contributed by atoms with E-state index in [2.05, 4.69) is 4.98 Å².